The molecule has 0 radical (unpaired) electrons. The van der Waals surface area contributed by atoms with Gasteiger partial charge in [-0.25, -0.2) is 0 Å². The van der Waals surface area contributed by atoms with E-state index in [1.54, 1.807) is 7.11 Å². The molecule has 106 valence electrons. The maximum Gasteiger partial charge on any atom is 0.121 e. The first-order valence-electron chi connectivity index (χ1n) is 7.18. The number of methoxy groups -OCH3 is 1. The Morgan fingerprint density at radius 2 is 2.00 bits per heavy atom. The van der Waals surface area contributed by atoms with Crippen LogP contribution in [0.25, 0.3) is 0 Å². The summed E-state index contributed by atoms with van der Waals surface area (Å²) in [6.07, 6.45) is 5.90. The van der Waals surface area contributed by atoms with Crippen LogP contribution >= 0.6 is 0 Å². The Kier molecular flexibility index (Phi) is 4.83. The highest BCUT2D eigenvalue weighted by Gasteiger charge is 2.30. The fourth-order valence-electron chi connectivity index (χ4n) is 2.96. The Morgan fingerprint density at radius 1 is 1.26 bits per heavy atom. The van der Waals surface area contributed by atoms with E-state index in [1.165, 1.54) is 24.8 Å². The van der Waals surface area contributed by atoms with E-state index in [2.05, 4.69) is 24.4 Å². The number of benzene rings is 1. The molecule has 1 aromatic carbocycles. The molecule has 2 N–H and O–H groups in total. The lowest BCUT2D eigenvalue weighted by Gasteiger charge is -2.36. The van der Waals surface area contributed by atoms with Crippen molar-refractivity contribution in [1.82, 2.24) is 5.32 Å². The number of ether oxygens (including phenoxy) is 1. The second kappa shape index (κ2) is 6.40. The number of hydrogen-bond acceptors (Lipinski definition) is 3. The second-order valence-corrected chi connectivity index (χ2v) is 5.66. The zero-order valence-electron chi connectivity index (χ0n) is 12.0. The van der Waals surface area contributed by atoms with Gasteiger partial charge >= 0.3 is 0 Å². The molecule has 1 aliphatic rings. The number of nitrogens with one attached hydrogen (secondary N) is 1. The van der Waals surface area contributed by atoms with Crippen molar-refractivity contribution in [1.29, 1.82) is 0 Å². The number of aryl methyl sites for hydroxylation is 1. The summed E-state index contributed by atoms with van der Waals surface area (Å²) in [6, 6.07) is 6.26. The molecule has 0 atom stereocenters. The monoisotopic (exact) mass is 263 g/mol. The van der Waals surface area contributed by atoms with Crippen LogP contribution in [0.1, 0.15) is 43.2 Å². The van der Waals surface area contributed by atoms with Gasteiger partial charge in [-0.3, -0.25) is 0 Å². The minimum absolute atomic E-state index is 0.0634. The first-order valence-corrected chi connectivity index (χ1v) is 7.18. The highest BCUT2D eigenvalue weighted by molar-refractivity contribution is 5.36. The predicted molar refractivity (Wildman–Crippen MR) is 77.5 cm³/mol. The Hall–Kier alpha value is -1.06. The van der Waals surface area contributed by atoms with E-state index in [0.29, 0.717) is 0 Å². The van der Waals surface area contributed by atoms with Crippen molar-refractivity contribution in [2.45, 2.75) is 51.1 Å². The van der Waals surface area contributed by atoms with Crippen LogP contribution in [0.3, 0.4) is 0 Å². The maximum atomic E-state index is 9.67. The molecule has 1 fully saturated rings. The van der Waals surface area contributed by atoms with E-state index in [1.807, 2.05) is 6.07 Å². The van der Waals surface area contributed by atoms with Crippen molar-refractivity contribution in [2.24, 2.45) is 0 Å². The maximum absolute atomic E-state index is 9.67. The first-order chi connectivity index (χ1) is 9.19. The third-order valence-corrected chi connectivity index (χ3v) is 4.24. The largest absolute Gasteiger partial charge is 0.496 e. The molecule has 0 aromatic heterocycles. The molecule has 0 bridgehead atoms. The molecule has 0 saturated heterocycles. The number of rotatable bonds is 5. The van der Waals surface area contributed by atoms with Gasteiger partial charge in [-0.1, -0.05) is 31.4 Å². The smallest absolute Gasteiger partial charge is 0.121 e. The Balaban J connectivity index is 1.99. The van der Waals surface area contributed by atoms with Crippen molar-refractivity contribution >= 4 is 0 Å². The molecular formula is C16H25NO2. The van der Waals surface area contributed by atoms with E-state index in [9.17, 15) is 5.11 Å². The molecule has 0 aliphatic heterocycles. The van der Waals surface area contributed by atoms with Gasteiger partial charge in [0, 0.05) is 12.1 Å². The fourth-order valence-corrected chi connectivity index (χ4v) is 2.96. The quantitative estimate of drug-likeness (QED) is 0.858. The van der Waals surface area contributed by atoms with Gasteiger partial charge in [0.05, 0.1) is 13.7 Å². The minimum Gasteiger partial charge on any atom is -0.496 e. The highest BCUT2D eigenvalue weighted by atomic mass is 16.5. The third kappa shape index (κ3) is 3.48. The first kappa shape index (κ1) is 14.4. The van der Waals surface area contributed by atoms with Crippen molar-refractivity contribution in [3.8, 4) is 5.75 Å². The van der Waals surface area contributed by atoms with Crippen LogP contribution in [0.4, 0.5) is 0 Å². The Bertz CT molecular complexity index is 411. The van der Waals surface area contributed by atoms with E-state index in [0.717, 1.165) is 30.7 Å². The zero-order chi connectivity index (χ0) is 13.7. The summed E-state index contributed by atoms with van der Waals surface area (Å²) in [5.41, 5.74) is 2.34. The predicted octanol–water partition coefficient (Wildman–Crippen LogP) is 2.79. The van der Waals surface area contributed by atoms with Crippen molar-refractivity contribution < 1.29 is 9.84 Å². The van der Waals surface area contributed by atoms with Gasteiger partial charge in [-0.05, 0) is 37.0 Å². The van der Waals surface area contributed by atoms with Gasteiger partial charge in [-0.2, -0.15) is 0 Å². The molecule has 0 heterocycles. The van der Waals surface area contributed by atoms with E-state index < -0.39 is 0 Å². The standard InChI is InChI=1S/C16H25NO2/c1-13-10-14(6-7-15(13)19-2)11-17-16(12-18)8-4-3-5-9-16/h6-7,10,17-18H,3-5,8-9,11-12H2,1-2H3. The summed E-state index contributed by atoms with van der Waals surface area (Å²) in [5.74, 6) is 0.929. The van der Waals surface area contributed by atoms with Gasteiger partial charge in [0.2, 0.25) is 0 Å². The fraction of sp³-hybridized carbons (Fsp3) is 0.625. The second-order valence-electron chi connectivity index (χ2n) is 5.66. The minimum atomic E-state index is -0.0634. The van der Waals surface area contributed by atoms with Crippen LogP contribution in [0.2, 0.25) is 0 Å². The third-order valence-electron chi connectivity index (χ3n) is 4.24. The van der Waals surface area contributed by atoms with E-state index in [4.69, 9.17) is 4.74 Å². The van der Waals surface area contributed by atoms with Crippen molar-refractivity contribution in [3.63, 3.8) is 0 Å². The lowest BCUT2D eigenvalue weighted by molar-refractivity contribution is 0.119. The normalized spacial score (nSPS) is 18.3. The molecule has 2 rings (SSSR count). The van der Waals surface area contributed by atoms with E-state index in [-0.39, 0.29) is 12.1 Å². The van der Waals surface area contributed by atoms with Gasteiger partial charge in [-0.15, -0.1) is 0 Å². The lowest BCUT2D eigenvalue weighted by Crippen LogP contribution is -2.49. The van der Waals surface area contributed by atoms with Crippen LogP contribution in [0.15, 0.2) is 18.2 Å². The summed E-state index contributed by atoms with van der Waals surface area (Å²) >= 11 is 0. The average molecular weight is 263 g/mol. The molecule has 1 aromatic rings. The number of hydrogen-bond donors (Lipinski definition) is 2. The molecule has 0 spiro atoms. The molecule has 3 heteroatoms. The number of aliphatic hydroxyl groups excluding tert-OH is 1. The van der Waals surface area contributed by atoms with Crippen LogP contribution in [0, 0.1) is 6.92 Å². The average Bonchev–Trinajstić information content (AvgIpc) is 2.46. The van der Waals surface area contributed by atoms with Gasteiger partial charge < -0.3 is 15.2 Å². The van der Waals surface area contributed by atoms with Crippen LogP contribution in [-0.2, 0) is 6.54 Å². The summed E-state index contributed by atoms with van der Waals surface area (Å²) in [4.78, 5) is 0. The van der Waals surface area contributed by atoms with Gasteiger partial charge in [0.1, 0.15) is 5.75 Å². The number of aliphatic hydroxyl groups is 1. The van der Waals surface area contributed by atoms with Gasteiger partial charge in [0.15, 0.2) is 0 Å². The highest BCUT2D eigenvalue weighted by Crippen LogP contribution is 2.28. The molecule has 1 aliphatic carbocycles. The summed E-state index contributed by atoms with van der Waals surface area (Å²) in [7, 11) is 1.70. The molecule has 19 heavy (non-hydrogen) atoms. The summed E-state index contributed by atoms with van der Waals surface area (Å²) < 4.78 is 5.28. The molecule has 3 nitrogen and oxygen atoms in total. The van der Waals surface area contributed by atoms with E-state index >= 15 is 0 Å². The zero-order valence-corrected chi connectivity index (χ0v) is 12.0. The Labute approximate surface area is 116 Å². The molecule has 1 saturated carbocycles. The van der Waals surface area contributed by atoms with Crippen molar-refractivity contribution in [3.05, 3.63) is 29.3 Å². The SMILES string of the molecule is COc1ccc(CNC2(CO)CCCCC2)cc1C. The van der Waals surface area contributed by atoms with Crippen LogP contribution < -0.4 is 10.1 Å². The summed E-state index contributed by atoms with van der Waals surface area (Å²) in [5, 5.41) is 13.2. The lowest BCUT2D eigenvalue weighted by atomic mass is 9.82. The molecule has 0 unspecified atom stereocenters. The van der Waals surface area contributed by atoms with Gasteiger partial charge in [0.25, 0.3) is 0 Å². The van der Waals surface area contributed by atoms with Crippen molar-refractivity contribution in [2.75, 3.05) is 13.7 Å². The van der Waals surface area contributed by atoms with Crippen LogP contribution in [-0.4, -0.2) is 24.4 Å². The molecule has 0 amide bonds. The molecular weight excluding hydrogens is 238 g/mol. The topological polar surface area (TPSA) is 41.5 Å². The summed E-state index contributed by atoms with van der Waals surface area (Å²) in [6.45, 7) is 3.11. The Morgan fingerprint density at radius 3 is 2.58 bits per heavy atom. The van der Waals surface area contributed by atoms with Crippen LogP contribution in [0.5, 0.6) is 5.75 Å².